The Balaban J connectivity index is 1.77. The first-order valence-corrected chi connectivity index (χ1v) is 10.8. The summed E-state index contributed by atoms with van der Waals surface area (Å²) in [5.74, 6) is -0.691. The predicted octanol–water partition coefficient (Wildman–Crippen LogP) is 4.57. The van der Waals surface area contributed by atoms with E-state index in [0.29, 0.717) is 11.4 Å². The predicted molar refractivity (Wildman–Crippen MR) is 119 cm³/mol. The molecule has 10 heteroatoms. The first-order chi connectivity index (χ1) is 14.8. The minimum absolute atomic E-state index is 0.0419. The normalized spacial score (nSPS) is 10.8. The molecule has 160 valence electrons. The average Bonchev–Trinajstić information content (AvgIpc) is 2.74. The molecule has 0 aliphatic carbocycles. The van der Waals surface area contributed by atoms with Crippen molar-refractivity contribution in [1.82, 2.24) is 0 Å². The molecule has 3 rings (SSSR count). The van der Waals surface area contributed by atoms with Crippen molar-refractivity contribution in [3.05, 3.63) is 83.4 Å². The SMILES string of the molecule is COC(=O)c1ccc(Cl)c(S(=O)(=O)Nc2cccc(NC(=O)Nc3ccccc3)c2)c1. The number of methoxy groups -OCH3 is 1. The lowest BCUT2D eigenvalue weighted by Gasteiger charge is -2.12. The highest BCUT2D eigenvalue weighted by atomic mass is 35.5. The van der Waals surface area contributed by atoms with Crippen LogP contribution in [0.5, 0.6) is 0 Å². The number of benzene rings is 3. The number of carbonyl (C=O) groups excluding carboxylic acids is 2. The van der Waals surface area contributed by atoms with Gasteiger partial charge in [0.25, 0.3) is 10.0 Å². The standard InChI is InChI=1S/C21H18ClN3O5S/c1-30-20(26)14-10-11-18(22)19(12-14)31(28,29)25-17-9-5-8-16(13-17)24-21(27)23-15-6-3-2-4-7-15/h2-13,25H,1H3,(H2,23,24,27). The summed E-state index contributed by atoms with van der Waals surface area (Å²) in [6.45, 7) is 0. The lowest BCUT2D eigenvalue weighted by atomic mass is 10.2. The van der Waals surface area contributed by atoms with Crippen molar-refractivity contribution < 1.29 is 22.7 Å². The van der Waals surface area contributed by atoms with E-state index in [0.717, 1.165) is 6.07 Å². The zero-order valence-electron chi connectivity index (χ0n) is 16.3. The van der Waals surface area contributed by atoms with E-state index in [1.165, 1.54) is 31.4 Å². The van der Waals surface area contributed by atoms with Crippen LogP contribution in [0.15, 0.2) is 77.7 Å². The number of sulfonamides is 1. The van der Waals surface area contributed by atoms with E-state index in [2.05, 4.69) is 20.1 Å². The van der Waals surface area contributed by atoms with Crippen LogP contribution in [-0.4, -0.2) is 27.5 Å². The van der Waals surface area contributed by atoms with Crippen LogP contribution < -0.4 is 15.4 Å². The lowest BCUT2D eigenvalue weighted by Crippen LogP contribution is -2.19. The van der Waals surface area contributed by atoms with Crippen LogP contribution in [0.4, 0.5) is 21.9 Å². The number of carbonyl (C=O) groups is 2. The van der Waals surface area contributed by atoms with Gasteiger partial charge in [-0.1, -0.05) is 35.9 Å². The molecular formula is C21H18ClN3O5S. The van der Waals surface area contributed by atoms with Crippen LogP contribution in [0.25, 0.3) is 0 Å². The van der Waals surface area contributed by atoms with E-state index in [1.807, 2.05) is 6.07 Å². The van der Waals surface area contributed by atoms with Gasteiger partial charge in [0, 0.05) is 11.4 Å². The highest BCUT2D eigenvalue weighted by Gasteiger charge is 2.21. The molecule has 0 saturated heterocycles. The number of hydrogen-bond donors (Lipinski definition) is 3. The van der Waals surface area contributed by atoms with E-state index in [9.17, 15) is 18.0 Å². The topological polar surface area (TPSA) is 114 Å². The number of rotatable bonds is 6. The van der Waals surface area contributed by atoms with Crippen LogP contribution >= 0.6 is 11.6 Å². The molecule has 0 saturated carbocycles. The summed E-state index contributed by atoms with van der Waals surface area (Å²) in [6, 6.07) is 18.3. The Morgan fingerprint density at radius 1 is 0.839 bits per heavy atom. The van der Waals surface area contributed by atoms with Gasteiger partial charge in [-0.15, -0.1) is 0 Å². The van der Waals surface area contributed by atoms with Crippen LogP contribution in [0.3, 0.4) is 0 Å². The van der Waals surface area contributed by atoms with Crippen LogP contribution in [0, 0.1) is 0 Å². The summed E-state index contributed by atoms with van der Waals surface area (Å²) in [7, 11) is -2.93. The number of hydrogen-bond acceptors (Lipinski definition) is 5. The molecule has 3 aromatic rings. The van der Waals surface area contributed by atoms with Gasteiger partial charge in [0.1, 0.15) is 4.90 Å². The molecule has 0 aliphatic heterocycles. The fraction of sp³-hybridized carbons (Fsp3) is 0.0476. The zero-order chi connectivity index (χ0) is 22.4. The van der Waals surface area contributed by atoms with E-state index < -0.39 is 22.0 Å². The van der Waals surface area contributed by atoms with Crippen LogP contribution in [-0.2, 0) is 14.8 Å². The molecule has 0 aromatic heterocycles. The van der Waals surface area contributed by atoms with Gasteiger partial charge in [0.15, 0.2) is 0 Å². The van der Waals surface area contributed by atoms with Gasteiger partial charge in [-0.3, -0.25) is 4.72 Å². The second-order valence-electron chi connectivity index (χ2n) is 6.27. The van der Waals surface area contributed by atoms with Gasteiger partial charge >= 0.3 is 12.0 Å². The first kappa shape index (κ1) is 22.1. The fourth-order valence-corrected chi connectivity index (χ4v) is 4.22. The van der Waals surface area contributed by atoms with E-state index in [4.69, 9.17) is 11.6 Å². The molecule has 0 heterocycles. The monoisotopic (exact) mass is 459 g/mol. The largest absolute Gasteiger partial charge is 0.465 e. The summed E-state index contributed by atoms with van der Waals surface area (Å²) in [5.41, 5.74) is 1.21. The van der Waals surface area contributed by atoms with Gasteiger partial charge in [-0.05, 0) is 48.5 Å². The maximum Gasteiger partial charge on any atom is 0.337 e. The number of para-hydroxylation sites is 1. The molecule has 0 unspecified atom stereocenters. The quantitative estimate of drug-likeness (QED) is 0.467. The van der Waals surface area contributed by atoms with Crippen LogP contribution in [0.2, 0.25) is 5.02 Å². The summed E-state index contributed by atoms with van der Waals surface area (Å²) in [6.07, 6.45) is 0. The van der Waals surface area contributed by atoms with Crippen molar-refractivity contribution in [2.45, 2.75) is 4.90 Å². The number of esters is 1. The van der Waals surface area contributed by atoms with E-state index >= 15 is 0 Å². The number of ether oxygens (including phenoxy) is 1. The number of nitrogens with one attached hydrogen (secondary N) is 3. The number of amides is 2. The molecule has 0 aliphatic rings. The van der Waals surface area contributed by atoms with Gasteiger partial charge < -0.3 is 15.4 Å². The Bertz CT molecular complexity index is 1220. The smallest absolute Gasteiger partial charge is 0.337 e. The third-order valence-corrected chi connectivity index (χ3v) is 5.91. The van der Waals surface area contributed by atoms with Crippen molar-refractivity contribution in [3.63, 3.8) is 0 Å². The molecule has 31 heavy (non-hydrogen) atoms. The summed E-state index contributed by atoms with van der Waals surface area (Å²) in [4.78, 5) is 23.6. The molecule has 0 spiro atoms. The fourth-order valence-electron chi connectivity index (χ4n) is 2.64. The van der Waals surface area contributed by atoms with Crippen molar-refractivity contribution in [3.8, 4) is 0 Å². The van der Waals surface area contributed by atoms with Gasteiger partial charge in [-0.25, -0.2) is 18.0 Å². The lowest BCUT2D eigenvalue weighted by molar-refractivity contribution is 0.0600. The third-order valence-electron chi connectivity index (χ3n) is 4.05. The molecule has 8 nitrogen and oxygen atoms in total. The summed E-state index contributed by atoms with van der Waals surface area (Å²) >= 11 is 6.04. The van der Waals surface area contributed by atoms with Crippen molar-refractivity contribution in [2.24, 2.45) is 0 Å². The van der Waals surface area contributed by atoms with Gasteiger partial charge in [-0.2, -0.15) is 0 Å². The molecule has 0 bridgehead atoms. The molecule has 3 aromatic carbocycles. The van der Waals surface area contributed by atoms with E-state index in [-0.39, 0.29) is 21.2 Å². The van der Waals surface area contributed by atoms with Crippen molar-refractivity contribution >= 4 is 50.7 Å². The molecule has 0 radical (unpaired) electrons. The van der Waals surface area contributed by atoms with Gasteiger partial charge in [0.2, 0.25) is 0 Å². The van der Waals surface area contributed by atoms with Crippen LogP contribution in [0.1, 0.15) is 10.4 Å². The summed E-state index contributed by atoms with van der Waals surface area (Å²) < 4.78 is 32.6. The number of urea groups is 1. The second kappa shape index (κ2) is 9.50. The Labute approximate surface area is 184 Å². The average molecular weight is 460 g/mol. The Morgan fingerprint density at radius 3 is 2.19 bits per heavy atom. The number of anilines is 3. The van der Waals surface area contributed by atoms with Crippen molar-refractivity contribution in [2.75, 3.05) is 22.5 Å². The maximum atomic E-state index is 12.8. The first-order valence-electron chi connectivity index (χ1n) is 8.92. The van der Waals surface area contributed by atoms with Gasteiger partial charge in [0.05, 0.1) is 23.4 Å². The second-order valence-corrected chi connectivity index (χ2v) is 8.33. The van der Waals surface area contributed by atoms with E-state index in [1.54, 1.807) is 36.4 Å². The highest BCUT2D eigenvalue weighted by Crippen LogP contribution is 2.26. The molecule has 2 amide bonds. The Kier molecular flexibility index (Phi) is 6.78. The zero-order valence-corrected chi connectivity index (χ0v) is 17.8. The Morgan fingerprint density at radius 2 is 1.48 bits per heavy atom. The Hall–Kier alpha value is -3.56. The van der Waals surface area contributed by atoms with Crippen molar-refractivity contribution in [1.29, 1.82) is 0 Å². The molecular weight excluding hydrogens is 442 g/mol. The minimum Gasteiger partial charge on any atom is -0.465 e. The minimum atomic E-state index is -4.12. The summed E-state index contributed by atoms with van der Waals surface area (Å²) in [5, 5.41) is 5.23. The number of halogens is 1. The third kappa shape index (κ3) is 5.74. The molecule has 0 fully saturated rings. The molecule has 3 N–H and O–H groups in total. The highest BCUT2D eigenvalue weighted by molar-refractivity contribution is 7.92. The maximum absolute atomic E-state index is 12.8. The molecule has 0 atom stereocenters.